The van der Waals surface area contributed by atoms with Gasteiger partial charge in [0, 0.05) is 5.56 Å². The number of nitrogens with one attached hydrogen (secondary N) is 1. The number of benzene rings is 1. The minimum Gasteiger partial charge on any atom is -0.633 e. The van der Waals surface area contributed by atoms with E-state index in [0.717, 1.165) is 5.56 Å². The second kappa shape index (κ2) is 4.60. The van der Waals surface area contributed by atoms with Gasteiger partial charge in [0.2, 0.25) is 0 Å². The molecule has 82 valence electrons. The second-order valence-electron chi connectivity index (χ2n) is 4.74. The van der Waals surface area contributed by atoms with Crippen LogP contribution in [0, 0.1) is 5.21 Å². The molecule has 0 amide bonds. The van der Waals surface area contributed by atoms with Gasteiger partial charge in [0.15, 0.2) is 0 Å². The molecule has 2 unspecified atom stereocenters. The Hall–Kier alpha value is -1.12. The summed E-state index contributed by atoms with van der Waals surface area (Å²) in [6.45, 7) is 9.57. The van der Waals surface area contributed by atoms with Crippen LogP contribution in [0.4, 0.5) is 0 Å². The summed E-state index contributed by atoms with van der Waals surface area (Å²) in [6, 6.07) is 9.59. The largest absolute Gasteiger partial charge is 0.633 e. The predicted octanol–water partition coefficient (Wildman–Crippen LogP) is 2.09. The Labute approximate surface area is 91.8 Å². The third kappa shape index (κ3) is 2.91. The molecule has 2 heteroatoms. The normalized spacial score (nSPS) is 15.7. The van der Waals surface area contributed by atoms with Crippen LogP contribution in [-0.2, 0) is 0 Å². The quantitative estimate of drug-likeness (QED) is 0.594. The van der Waals surface area contributed by atoms with E-state index in [4.69, 9.17) is 0 Å². The van der Waals surface area contributed by atoms with Gasteiger partial charge in [-0.15, -0.1) is 0 Å². The third-order valence-corrected chi connectivity index (χ3v) is 2.42. The molecule has 1 N–H and O–H groups in total. The summed E-state index contributed by atoms with van der Waals surface area (Å²) < 4.78 is 0. The molecule has 2 atom stereocenters. The molecular formula is C13H19NO. The van der Waals surface area contributed by atoms with Crippen LogP contribution in [0.25, 0.3) is 0 Å². The summed E-state index contributed by atoms with van der Waals surface area (Å²) in [5.74, 6) is 0. The highest BCUT2D eigenvalue weighted by Crippen LogP contribution is 2.12. The maximum atomic E-state index is 12.1. The summed E-state index contributed by atoms with van der Waals surface area (Å²) >= 11 is 0. The van der Waals surface area contributed by atoms with E-state index in [0.29, 0.717) is 0 Å². The summed E-state index contributed by atoms with van der Waals surface area (Å²) in [5, 5.41) is 12.3. The van der Waals surface area contributed by atoms with E-state index in [9.17, 15) is 5.21 Å². The van der Waals surface area contributed by atoms with Crippen LogP contribution in [0.2, 0.25) is 0 Å². The number of hydrogen-bond acceptors (Lipinski definition) is 1. The first kappa shape index (κ1) is 12.0. The summed E-state index contributed by atoms with van der Waals surface area (Å²) in [6.07, 6.45) is 1.73. The molecule has 0 radical (unpaired) electrons. The lowest BCUT2D eigenvalue weighted by Gasteiger charge is -2.40. The molecule has 0 saturated carbocycles. The first-order valence-corrected chi connectivity index (χ1v) is 5.18. The number of hydroxylamine groups is 2. The molecule has 0 aliphatic carbocycles. The van der Waals surface area contributed by atoms with Crippen molar-refractivity contribution in [3.63, 3.8) is 0 Å². The van der Waals surface area contributed by atoms with Crippen molar-refractivity contribution < 1.29 is 5.06 Å². The Bertz CT molecular complexity index is 313. The third-order valence-electron chi connectivity index (χ3n) is 2.42. The molecule has 1 aromatic rings. The fourth-order valence-corrected chi connectivity index (χ4v) is 1.52. The van der Waals surface area contributed by atoms with Crippen molar-refractivity contribution in [3.8, 4) is 0 Å². The van der Waals surface area contributed by atoms with Gasteiger partial charge in [-0.1, -0.05) is 36.9 Å². The van der Waals surface area contributed by atoms with Crippen LogP contribution in [0.3, 0.4) is 0 Å². The average Bonchev–Trinajstić information content (AvgIpc) is 2.19. The molecule has 0 aliphatic rings. The van der Waals surface area contributed by atoms with Crippen molar-refractivity contribution in [3.05, 3.63) is 53.8 Å². The maximum absolute atomic E-state index is 12.1. The second-order valence-corrected chi connectivity index (χ2v) is 4.74. The molecule has 0 saturated heterocycles. The van der Waals surface area contributed by atoms with Gasteiger partial charge < -0.3 is 10.3 Å². The van der Waals surface area contributed by atoms with E-state index in [1.54, 1.807) is 6.08 Å². The Balaban J connectivity index is 2.95. The van der Waals surface area contributed by atoms with E-state index in [-0.39, 0.29) is 16.6 Å². The van der Waals surface area contributed by atoms with Crippen LogP contribution in [-0.4, -0.2) is 5.54 Å². The van der Waals surface area contributed by atoms with Crippen LogP contribution < -0.4 is 5.06 Å². The number of hydrogen-bond donors (Lipinski definition) is 1. The van der Waals surface area contributed by atoms with Gasteiger partial charge in [0.1, 0.15) is 6.04 Å². The summed E-state index contributed by atoms with van der Waals surface area (Å²) in [4.78, 5) is 0. The first-order chi connectivity index (χ1) is 6.96. The summed E-state index contributed by atoms with van der Waals surface area (Å²) in [5.41, 5.74) is 0.696. The van der Waals surface area contributed by atoms with E-state index in [2.05, 4.69) is 6.58 Å². The Morgan fingerprint density at radius 1 is 1.27 bits per heavy atom. The van der Waals surface area contributed by atoms with E-state index in [1.807, 2.05) is 51.1 Å². The Morgan fingerprint density at radius 3 is 2.20 bits per heavy atom. The van der Waals surface area contributed by atoms with Crippen molar-refractivity contribution in [2.45, 2.75) is 32.4 Å². The smallest absolute Gasteiger partial charge is 0.132 e. The van der Waals surface area contributed by atoms with Crippen molar-refractivity contribution >= 4 is 0 Å². The molecular weight excluding hydrogens is 186 g/mol. The van der Waals surface area contributed by atoms with E-state index < -0.39 is 0 Å². The zero-order valence-electron chi connectivity index (χ0n) is 9.66. The monoisotopic (exact) mass is 205 g/mol. The van der Waals surface area contributed by atoms with Gasteiger partial charge >= 0.3 is 0 Å². The molecule has 2 nitrogen and oxygen atoms in total. The Kier molecular flexibility index (Phi) is 3.66. The van der Waals surface area contributed by atoms with Gasteiger partial charge in [-0.25, -0.2) is 0 Å². The zero-order chi connectivity index (χ0) is 11.5. The van der Waals surface area contributed by atoms with Gasteiger partial charge in [0.25, 0.3) is 0 Å². The zero-order valence-corrected chi connectivity index (χ0v) is 9.66. The van der Waals surface area contributed by atoms with Gasteiger partial charge in [-0.05, 0) is 26.8 Å². The topological polar surface area (TPSA) is 27.5 Å². The average molecular weight is 205 g/mol. The van der Waals surface area contributed by atoms with Gasteiger partial charge in [0.05, 0.1) is 5.54 Å². The predicted molar refractivity (Wildman–Crippen MR) is 63.5 cm³/mol. The van der Waals surface area contributed by atoms with Gasteiger partial charge in [-0.2, -0.15) is 0 Å². The SMILES string of the molecule is C=CC(c1ccccc1)[NH+]([O-])C(C)(C)C. The minimum absolute atomic E-state index is 0.189. The molecule has 1 rings (SSSR count). The fraction of sp³-hybridized carbons (Fsp3) is 0.385. The molecule has 0 heterocycles. The molecule has 1 aromatic carbocycles. The lowest BCUT2D eigenvalue weighted by atomic mass is 10.0. The van der Waals surface area contributed by atoms with Crippen molar-refractivity contribution in [1.29, 1.82) is 0 Å². The molecule has 0 bridgehead atoms. The highest BCUT2D eigenvalue weighted by molar-refractivity contribution is 5.20. The van der Waals surface area contributed by atoms with Crippen molar-refractivity contribution in [2.24, 2.45) is 0 Å². The van der Waals surface area contributed by atoms with Crippen LogP contribution in [0.5, 0.6) is 0 Å². The van der Waals surface area contributed by atoms with Crippen molar-refractivity contribution in [2.75, 3.05) is 0 Å². The maximum Gasteiger partial charge on any atom is 0.132 e. The summed E-state index contributed by atoms with van der Waals surface area (Å²) in [7, 11) is 0. The lowest BCUT2D eigenvalue weighted by molar-refractivity contribution is -0.922. The first-order valence-electron chi connectivity index (χ1n) is 5.18. The van der Waals surface area contributed by atoms with Crippen LogP contribution >= 0.6 is 0 Å². The lowest BCUT2D eigenvalue weighted by Crippen LogP contribution is -3.14. The van der Waals surface area contributed by atoms with Crippen molar-refractivity contribution in [1.82, 2.24) is 0 Å². The standard InChI is InChI=1S/C13H19NO/c1-5-12(14(15)13(2,3)4)11-9-7-6-8-10-11/h5-10,12,14H,1H2,2-4H3. The fourth-order valence-electron chi connectivity index (χ4n) is 1.52. The van der Waals surface area contributed by atoms with Crippen LogP contribution in [0.1, 0.15) is 32.4 Å². The molecule has 0 aromatic heterocycles. The number of quaternary nitrogens is 1. The highest BCUT2D eigenvalue weighted by atomic mass is 16.5. The van der Waals surface area contributed by atoms with E-state index >= 15 is 0 Å². The molecule has 15 heavy (non-hydrogen) atoms. The molecule has 0 aliphatic heterocycles. The van der Waals surface area contributed by atoms with E-state index in [1.165, 1.54) is 0 Å². The highest BCUT2D eigenvalue weighted by Gasteiger charge is 2.25. The van der Waals surface area contributed by atoms with Gasteiger partial charge in [-0.3, -0.25) is 0 Å². The van der Waals surface area contributed by atoms with Crippen LogP contribution in [0.15, 0.2) is 43.0 Å². The Morgan fingerprint density at radius 2 is 1.80 bits per heavy atom. The number of rotatable bonds is 3. The molecule has 0 fully saturated rings. The minimum atomic E-state index is -0.325. The molecule has 0 spiro atoms.